The number of hydrogen-bond acceptors (Lipinski definition) is 3. The van der Waals surface area contributed by atoms with E-state index in [0.29, 0.717) is 16.6 Å². The normalized spacial score (nSPS) is 16.9. The molecule has 136 valence electrons. The lowest BCUT2D eigenvalue weighted by molar-refractivity contribution is 0.0177. The lowest BCUT2D eigenvalue weighted by Gasteiger charge is -2.32. The average Bonchev–Trinajstić information content (AvgIpc) is 3.02. The predicted octanol–water partition coefficient (Wildman–Crippen LogP) is 4.78. The van der Waals surface area contributed by atoms with E-state index in [9.17, 15) is 0 Å². The maximum absolute atomic E-state index is 6.43. The van der Waals surface area contributed by atoms with Crippen molar-refractivity contribution in [3.63, 3.8) is 0 Å². The van der Waals surface area contributed by atoms with Gasteiger partial charge in [0, 0.05) is 23.1 Å². The summed E-state index contributed by atoms with van der Waals surface area (Å²) in [6, 6.07) is 14.1. The fourth-order valence-corrected chi connectivity index (χ4v) is 4.00. The standard InChI is InChI=1S/C20H21Cl2N3O/c1-14(24-8-10-26-11-9-24)20-23-18-4-2-3-5-19(18)25(20)13-15-6-7-16(21)12-17(15)22/h2-7,12,14H,8-11,13H2,1H3. The van der Waals surface area contributed by atoms with E-state index < -0.39 is 0 Å². The molecule has 0 spiro atoms. The van der Waals surface area contributed by atoms with Gasteiger partial charge in [0.25, 0.3) is 0 Å². The van der Waals surface area contributed by atoms with E-state index in [1.807, 2.05) is 24.3 Å². The summed E-state index contributed by atoms with van der Waals surface area (Å²) < 4.78 is 7.77. The van der Waals surface area contributed by atoms with Crippen LogP contribution in [0.15, 0.2) is 42.5 Å². The van der Waals surface area contributed by atoms with Crippen molar-refractivity contribution in [2.75, 3.05) is 26.3 Å². The Morgan fingerprint density at radius 2 is 1.88 bits per heavy atom. The Morgan fingerprint density at radius 1 is 1.12 bits per heavy atom. The molecule has 0 radical (unpaired) electrons. The number of ether oxygens (including phenoxy) is 1. The Bertz CT molecular complexity index is 919. The zero-order chi connectivity index (χ0) is 18.1. The molecule has 0 N–H and O–H groups in total. The lowest BCUT2D eigenvalue weighted by Crippen LogP contribution is -2.39. The van der Waals surface area contributed by atoms with Gasteiger partial charge in [-0.3, -0.25) is 4.90 Å². The second kappa shape index (κ2) is 7.57. The van der Waals surface area contributed by atoms with Gasteiger partial charge < -0.3 is 9.30 Å². The molecule has 3 aromatic rings. The molecule has 0 saturated carbocycles. The van der Waals surface area contributed by atoms with Crippen molar-refractivity contribution in [3.05, 3.63) is 63.9 Å². The van der Waals surface area contributed by atoms with Crippen LogP contribution in [-0.2, 0) is 11.3 Å². The fraction of sp³-hybridized carbons (Fsp3) is 0.350. The molecule has 2 heterocycles. The molecule has 1 fully saturated rings. The number of halogens is 2. The van der Waals surface area contributed by atoms with Crippen molar-refractivity contribution in [1.82, 2.24) is 14.5 Å². The monoisotopic (exact) mass is 389 g/mol. The number of aromatic nitrogens is 2. The van der Waals surface area contributed by atoms with E-state index in [0.717, 1.165) is 48.7 Å². The van der Waals surface area contributed by atoms with Gasteiger partial charge in [-0.15, -0.1) is 0 Å². The van der Waals surface area contributed by atoms with Crippen molar-refractivity contribution in [2.24, 2.45) is 0 Å². The first-order chi connectivity index (χ1) is 12.6. The molecule has 0 amide bonds. The SMILES string of the molecule is CC(c1nc2ccccc2n1Cc1ccc(Cl)cc1Cl)N1CCOCC1. The molecular formula is C20H21Cl2N3O. The molecule has 4 nitrogen and oxygen atoms in total. The van der Waals surface area contributed by atoms with E-state index in [2.05, 4.69) is 28.5 Å². The summed E-state index contributed by atoms with van der Waals surface area (Å²) in [6.07, 6.45) is 0. The van der Waals surface area contributed by atoms with Crippen LogP contribution >= 0.6 is 23.2 Å². The van der Waals surface area contributed by atoms with E-state index in [4.69, 9.17) is 32.9 Å². The third kappa shape index (κ3) is 3.47. The molecule has 0 bridgehead atoms. The zero-order valence-corrected chi connectivity index (χ0v) is 16.2. The molecule has 1 atom stereocenters. The molecule has 1 aliphatic heterocycles. The van der Waals surface area contributed by atoms with E-state index in [-0.39, 0.29) is 6.04 Å². The largest absolute Gasteiger partial charge is 0.379 e. The maximum atomic E-state index is 6.43. The zero-order valence-electron chi connectivity index (χ0n) is 14.7. The maximum Gasteiger partial charge on any atom is 0.127 e. The van der Waals surface area contributed by atoms with Gasteiger partial charge in [0.1, 0.15) is 5.82 Å². The highest BCUT2D eigenvalue weighted by atomic mass is 35.5. The topological polar surface area (TPSA) is 30.3 Å². The van der Waals surface area contributed by atoms with Gasteiger partial charge in [-0.2, -0.15) is 0 Å². The van der Waals surface area contributed by atoms with Crippen LogP contribution in [0.3, 0.4) is 0 Å². The van der Waals surface area contributed by atoms with Gasteiger partial charge in [-0.1, -0.05) is 41.4 Å². The summed E-state index contributed by atoms with van der Waals surface area (Å²) in [6.45, 7) is 6.27. The smallest absolute Gasteiger partial charge is 0.127 e. The van der Waals surface area contributed by atoms with Crippen LogP contribution in [-0.4, -0.2) is 40.8 Å². The molecule has 1 unspecified atom stereocenters. The number of nitrogens with zero attached hydrogens (tertiary/aromatic N) is 3. The van der Waals surface area contributed by atoms with Gasteiger partial charge in [0.15, 0.2) is 0 Å². The molecule has 6 heteroatoms. The number of fused-ring (bicyclic) bond motifs is 1. The third-order valence-electron chi connectivity index (χ3n) is 4.99. The van der Waals surface area contributed by atoms with Crippen molar-refractivity contribution in [2.45, 2.75) is 19.5 Å². The van der Waals surface area contributed by atoms with Crippen LogP contribution in [0.1, 0.15) is 24.4 Å². The first-order valence-electron chi connectivity index (χ1n) is 8.84. The van der Waals surface area contributed by atoms with Gasteiger partial charge in [-0.25, -0.2) is 4.98 Å². The highest BCUT2D eigenvalue weighted by molar-refractivity contribution is 6.35. The first-order valence-corrected chi connectivity index (χ1v) is 9.60. The summed E-state index contributed by atoms with van der Waals surface area (Å²) in [5, 5.41) is 1.33. The molecular weight excluding hydrogens is 369 g/mol. The van der Waals surface area contributed by atoms with Crippen LogP contribution in [0.25, 0.3) is 11.0 Å². The van der Waals surface area contributed by atoms with Crippen LogP contribution < -0.4 is 0 Å². The highest BCUT2D eigenvalue weighted by Crippen LogP contribution is 2.28. The Labute approximate surface area is 163 Å². The van der Waals surface area contributed by atoms with Crippen molar-refractivity contribution < 1.29 is 4.74 Å². The minimum Gasteiger partial charge on any atom is -0.379 e. The molecule has 2 aromatic carbocycles. The van der Waals surface area contributed by atoms with Gasteiger partial charge >= 0.3 is 0 Å². The van der Waals surface area contributed by atoms with Crippen molar-refractivity contribution >= 4 is 34.2 Å². The van der Waals surface area contributed by atoms with E-state index in [1.165, 1.54) is 0 Å². The lowest BCUT2D eigenvalue weighted by atomic mass is 10.2. The molecule has 1 saturated heterocycles. The van der Waals surface area contributed by atoms with E-state index >= 15 is 0 Å². The molecule has 4 rings (SSSR count). The summed E-state index contributed by atoms with van der Waals surface area (Å²) >= 11 is 12.5. The third-order valence-corrected chi connectivity index (χ3v) is 5.58. The second-order valence-electron chi connectivity index (χ2n) is 6.60. The number of morpholine rings is 1. The summed E-state index contributed by atoms with van der Waals surface area (Å²) in [4.78, 5) is 7.36. The highest BCUT2D eigenvalue weighted by Gasteiger charge is 2.24. The minimum atomic E-state index is 0.206. The minimum absolute atomic E-state index is 0.206. The predicted molar refractivity (Wildman–Crippen MR) is 106 cm³/mol. The number of rotatable bonds is 4. The van der Waals surface area contributed by atoms with E-state index in [1.54, 1.807) is 6.07 Å². The summed E-state index contributed by atoms with van der Waals surface area (Å²) in [5.74, 6) is 1.05. The number of hydrogen-bond donors (Lipinski definition) is 0. The second-order valence-corrected chi connectivity index (χ2v) is 7.45. The quantitative estimate of drug-likeness (QED) is 0.642. The number of benzene rings is 2. The summed E-state index contributed by atoms with van der Waals surface area (Å²) in [7, 11) is 0. The first kappa shape index (κ1) is 17.8. The average molecular weight is 390 g/mol. The van der Waals surface area contributed by atoms with Crippen molar-refractivity contribution in [1.29, 1.82) is 0 Å². The number of para-hydroxylation sites is 2. The molecule has 26 heavy (non-hydrogen) atoms. The van der Waals surface area contributed by atoms with Gasteiger partial charge in [0.2, 0.25) is 0 Å². The van der Waals surface area contributed by atoms with Crippen molar-refractivity contribution in [3.8, 4) is 0 Å². The Kier molecular flexibility index (Phi) is 5.18. The Hall–Kier alpha value is -1.59. The molecule has 1 aromatic heterocycles. The van der Waals surface area contributed by atoms with Gasteiger partial charge in [-0.05, 0) is 36.8 Å². The number of imidazole rings is 1. The van der Waals surface area contributed by atoms with Crippen LogP contribution in [0, 0.1) is 0 Å². The van der Waals surface area contributed by atoms with Crippen LogP contribution in [0.5, 0.6) is 0 Å². The molecule has 0 aliphatic carbocycles. The fourth-order valence-electron chi connectivity index (χ4n) is 3.53. The Balaban J connectivity index is 1.76. The van der Waals surface area contributed by atoms with Crippen LogP contribution in [0.2, 0.25) is 10.0 Å². The molecule has 1 aliphatic rings. The summed E-state index contributed by atoms with van der Waals surface area (Å²) in [5.41, 5.74) is 3.16. The Morgan fingerprint density at radius 3 is 2.65 bits per heavy atom. The van der Waals surface area contributed by atoms with Gasteiger partial charge in [0.05, 0.1) is 36.8 Å². The van der Waals surface area contributed by atoms with Crippen LogP contribution in [0.4, 0.5) is 0 Å².